The average molecular weight is 207 g/mol. The first-order valence-electron chi connectivity index (χ1n) is 4.84. The Morgan fingerprint density at radius 1 is 1.53 bits per heavy atom. The maximum absolute atomic E-state index is 13.1. The number of nitroso groups, excluding NO2 is 1. The molecule has 0 aliphatic heterocycles. The summed E-state index contributed by atoms with van der Waals surface area (Å²) in [5.41, 5.74) is 1.86. The van der Waals surface area contributed by atoms with Gasteiger partial charge >= 0.3 is 0 Å². The first-order chi connectivity index (χ1) is 7.22. The lowest BCUT2D eigenvalue weighted by atomic mass is 10.0. The Morgan fingerprint density at radius 3 is 3.07 bits per heavy atom. The second-order valence-corrected chi connectivity index (χ2v) is 3.68. The minimum absolute atomic E-state index is 0.0676. The predicted molar refractivity (Wildman–Crippen MR) is 55.9 cm³/mol. The van der Waals surface area contributed by atoms with E-state index in [2.05, 4.69) is 4.98 Å². The molecule has 0 aliphatic carbocycles. The van der Waals surface area contributed by atoms with Gasteiger partial charge in [0.2, 0.25) is 0 Å². The van der Waals surface area contributed by atoms with E-state index in [-0.39, 0.29) is 11.7 Å². The summed E-state index contributed by atoms with van der Waals surface area (Å²) in [6.07, 6.45) is 1.83. The molecule has 1 heterocycles. The summed E-state index contributed by atoms with van der Waals surface area (Å²) in [4.78, 5) is 13.4. The van der Waals surface area contributed by atoms with Gasteiger partial charge in [-0.05, 0) is 28.9 Å². The lowest BCUT2D eigenvalue weighted by Gasteiger charge is -2.02. The van der Waals surface area contributed by atoms with E-state index in [0.29, 0.717) is 6.54 Å². The van der Waals surface area contributed by atoms with E-state index in [0.717, 1.165) is 16.5 Å². The zero-order valence-electron chi connectivity index (χ0n) is 8.38. The smallest absolute Gasteiger partial charge is 0.196 e. The first-order valence-corrected chi connectivity index (χ1v) is 4.84. The van der Waals surface area contributed by atoms with Crippen molar-refractivity contribution >= 4 is 10.9 Å². The zero-order chi connectivity index (χ0) is 10.8. The molecule has 0 saturated heterocycles. The van der Waals surface area contributed by atoms with E-state index >= 15 is 0 Å². The molecule has 0 amide bonds. The minimum atomic E-state index is -0.259. The largest absolute Gasteiger partial charge is 0.361 e. The fourth-order valence-corrected chi connectivity index (χ4v) is 1.76. The van der Waals surface area contributed by atoms with Crippen molar-refractivity contribution in [1.29, 1.82) is 0 Å². The number of benzene rings is 1. The summed E-state index contributed by atoms with van der Waals surface area (Å²) in [5.74, 6) is -0.191. The molecule has 78 valence electrons. The van der Waals surface area contributed by atoms with Crippen LogP contribution < -0.4 is 5.18 Å². The van der Waals surface area contributed by atoms with Crippen LogP contribution in [0.5, 0.6) is 0 Å². The van der Waals surface area contributed by atoms with Gasteiger partial charge in [-0.3, -0.25) is 0 Å². The lowest BCUT2D eigenvalue weighted by molar-refractivity contribution is -0.483. The van der Waals surface area contributed by atoms with Crippen molar-refractivity contribution in [2.24, 2.45) is 0 Å². The molecule has 0 fully saturated rings. The molecule has 0 bridgehead atoms. The van der Waals surface area contributed by atoms with Crippen LogP contribution >= 0.6 is 0 Å². The average Bonchev–Trinajstić information content (AvgIpc) is 2.60. The molecule has 2 aromatic rings. The van der Waals surface area contributed by atoms with Crippen LogP contribution in [0, 0.1) is 10.7 Å². The molecule has 15 heavy (non-hydrogen) atoms. The predicted octanol–water partition coefficient (Wildman–Crippen LogP) is 1.26. The van der Waals surface area contributed by atoms with Crippen molar-refractivity contribution in [3.63, 3.8) is 0 Å². The Hall–Kier alpha value is -1.71. The molecule has 4 heteroatoms. The van der Waals surface area contributed by atoms with E-state index in [1.807, 2.05) is 18.3 Å². The monoisotopic (exact) mass is 207 g/mol. The quantitative estimate of drug-likeness (QED) is 0.782. The molecule has 0 radical (unpaired) electrons. The molecule has 3 nitrogen and oxygen atoms in total. The van der Waals surface area contributed by atoms with Gasteiger partial charge < -0.3 is 4.98 Å². The van der Waals surface area contributed by atoms with Crippen LogP contribution in [0.4, 0.5) is 4.39 Å². The Balaban J connectivity index is 2.51. The zero-order valence-corrected chi connectivity index (χ0v) is 8.38. The molecule has 2 rings (SSSR count). The summed E-state index contributed by atoms with van der Waals surface area (Å²) in [6, 6.07) is 4.60. The standard InChI is InChI=1S/C11H11FN2O/c1-7(5-14-15)10-6-13-11-3-2-8(12)4-9(10)11/h2-4,6-7,13H,5H2,1H3/p+1. The van der Waals surface area contributed by atoms with Crippen molar-refractivity contribution in [2.45, 2.75) is 12.8 Å². The van der Waals surface area contributed by atoms with E-state index in [1.165, 1.54) is 12.1 Å². The van der Waals surface area contributed by atoms with E-state index in [4.69, 9.17) is 0 Å². The van der Waals surface area contributed by atoms with Gasteiger partial charge in [0.15, 0.2) is 6.54 Å². The Morgan fingerprint density at radius 2 is 2.33 bits per heavy atom. The molecule has 1 aromatic carbocycles. The maximum atomic E-state index is 13.1. The minimum Gasteiger partial charge on any atom is -0.361 e. The third-order valence-electron chi connectivity index (χ3n) is 2.60. The van der Waals surface area contributed by atoms with Crippen molar-refractivity contribution in [2.75, 3.05) is 6.54 Å². The summed E-state index contributed by atoms with van der Waals surface area (Å²) in [6.45, 7) is 2.27. The Labute approximate surface area is 86.3 Å². The SMILES string of the molecule is CC(C[NH+]=O)c1c[nH]c2ccc(F)cc12. The molecule has 2 N–H and O–H groups in total. The van der Waals surface area contributed by atoms with Crippen LogP contribution in [0.15, 0.2) is 24.4 Å². The van der Waals surface area contributed by atoms with Gasteiger partial charge in [-0.15, -0.1) is 0 Å². The van der Waals surface area contributed by atoms with E-state index in [9.17, 15) is 9.30 Å². The summed E-state index contributed by atoms with van der Waals surface area (Å²) in [5, 5.41) is 2.72. The maximum Gasteiger partial charge on any atom is 0.196 e. The van der Waals surface area contributed by atoms with Gasteiger partial charge in [0, 0.05) is 27.9 Å². The molecule has 1 atom stereocenters. The number of halogens is 1. The number of nitrogens with one attached hydrogen (secondary N) is 2. The number of aromatic nitrogens is 1. The number of rotatable bonds is 3. The number of hydrogen-bond donors (Lipinski definition) is 2. The molecule has 0 saturated carbocycles. The highest BCUT2D eigenvalue weighted by molar-refractivity contribution is 5.83. The second-order valence-electron chi connectivity index (χ2n) is 3.68. The van der Waals surface area contributed by atoms with Crippen LogP contribution in [-0.4, -0.2) is 11.5 Å². The van der Waals surface area contributed by atoms with E-state index in [1.54, 1.807) is 6.07 Å². The molecule has 1 aromatic heterocycles. The van der Waals surface area contributed by atoms with Crippen LogP contribution in [0.3, 0.4) is 0 Å². The van der Waals surface area contributed by atoms with Crippen LogP contribution in [0.2, 0.25) is 0 Å². The summed E-state index contributed by atoms with van der Waals surface area (Å²) < 4.78 is 13.1. The number of fused-ring (bicyclic) bond motifs is 1. The van der Waals surface area contributed by atoms with Gasteiger partial charge in [0.25, 0.3) is 0 Å². The van der Waals surface area contributed by atoms with Gasteiger partial charge in [-0.2, -0.15) is 0 Å². The lowest BCUT2D eigenvalue weighted by Crippen LogP contribution is -2.65. The molecule has 0 aliphatic rings. The normalized spacial score (nSPS) is 12.9. The van der Waals surface area contributed by atoms with E-state index < -0.39 is 0 Å². The molecule has 1 unspecified atom stereocenters. The fraction of sp³-hybridized carbons (Fsp3) is 0.273. The van der Waals surface area contributed by atoms with Gasteiger partial charge in [-0.25, -0.2) is 4.39 Å². The summed E-state index contributed by atoms with van der Waals surface area (Å²) in [7, 11) is 0. The third-order valence-corrected chi connectivity index (χ3v) is 2.60. The number of H-pyrrole nitrogens is 1. The van der Waals surface area contributed by atoms with Crippen molar-refractivity contribution in [1.82, 2.24) is 4.98 Å². The van der Waals surface area contributed by atoms with Crippen LogP contribution in [-0.2, 0) is 0 Å². The van der Waals surface area contributed by atoms with Crippen molar-refractivity contribution < 1.29 is 9.57 Å². The first kappa shape index (κ1) is 9.83. The molecule has 0 spiro atoms. The number of hydrogen-bond acceptors (Lipinski definition) is 1. The van der Waals surface area contributed by atoms with Crippen molar-refractivity contribution in [3.05, 3.63) is 40.7 Å². The Bertz CT molecular complexity index is 492. The van der Waals surface area contributed by atoms with Crippen molar-refractivity contribution in [3.8, 4) is 0 Å². The highest BCUT2D eigenvalue weighted by Gasteiger charge is 2.14. The van der Waals surface area contributed by atoms with Crippen LogP contribution in [0.1, 0.15) is 18.4 Å². The van der Waals surface area contributed by atoms with Gasteiger partial charge in [-0.1, -0.05) is 6.92 Å². The van der Waals surface area contributed by atoms with Crippen LogP contribution in [0.25, 0.3) is 10.9 Å². The second kappa shape index (κ2) is 3.81. The fourth-order valence-electron chi connectivity index (χ4n) is 1.76. The third kappa shape index (κ3) is 1.75. The highest BCUT2D eigenvalue weighted by atomic mass is 19.1. The molecular weight excluding hydrogens is 195 g/mol. The van der Waals surface area contributed by atoms with Gasteiger partial charge in [0.05, 0.1) is 0 Å². The molecular formula is C11H12FN2O+. The number of aromatic amines is 1. The van der Waals surface area contributed by atoms with Gasteiger partial charge in [0.1, 0.15) is 5.82 Å². The Kier molecular flexibility index (Phi) is 2.49. The topological polar surface area (TPSA) is 46.8 Å². The highest BCUT2D eigenvalue weighted by Crippen LogP contribution is 2.25. The summed E-state index contributed by atoms with van der Waals surface area (Å²) >= 11 is 0.